The summed E-state index contributed by atoms with van der Waals surface area (Å²) in [5.41, 5.74) is 2.58. The summed E-state index contributed by atoms with van der Waals surface area (Å²) in [6.07, 6.45) is 3.48. The SMILES string of the molecule is O=COc1cc(/C=C/c2ccc3c(c2)C(O)=C(c2nc4ccccc4cc2O)C3=O)ccc1O. The molecule has 0 bridgehead atoms. The predicted molar refractivity (Wildman–Crippen MR) is 127 cm³/mol. The maximum atomic E-state index is 13.1. The standard InChI is InChI=1S/C27H17NO6/c29-14-34-23-12-16(8-10-21(23)30)6-5-15-7-9-18-19(11-15)27(33)24(26(18)32)25-22(31)13-17-3-1-2-4-20(17)28-25/h1-14,30-31,33H/b6-5+. The van der Waals surface area contributed by atoms with Crippen molar-refractivity contribution in [2.24, 2.45) is 0 Å². The Labute approximate surface area is 193 Å². The van der Waals surface area contributed by atoms with Gasteiger partial charge in [0.15, 0.2) is 17.3 Å². The van der Waals surface area contributed by atoms with Crippen molar-refractivity contribution < 1.29 is 29.6 Å². The zero-order valence-electron chi connectivity index (χ0n) is 17.6. The van der Waals surface area contributed by atoms with Crippen LogP contribution in [0.2, 0.25) is 0 Å². The van der Waals surface area contributed by atoms with E-state index in [0.717, 1.165) is 5.39 Å². The molecule has 0 saturated carbocycles. The van der Waals surface area contributed by atoms with Crippen LogP contribution in [0.5, 0.6) is 17.2 Å². The highest BCUT2D eigenvalue weighted by Gasteiger charge is 2.33. The molecular weight excluding hydrogens is 434 g/mol. The van der Waals surface area contributed by atoms with E-state index in [1.807, 2.05) is 6.07 Å². The molecular formula is C27H17NO6. The van der Waals surface area contributed by atoms with Crippen LogP contribution in [0.3, 0.4) is 0 Å². The van der Waals surface area contributed by atoms with Crippen LogP contribution in [0.15, 0.2) is 66.7 Å². The Morgan fingerprint density at radius 3 is 2.32 bits per heavy atom. The van der Waals surface area contributed by atoms with Crippen molar-refractivity contribution in [3.05, 3.63) is 94.7 Å². The molecule has 1 aromatic heterocycles. The number of hydrogen-bond donors (Lipinski definition) is 3. The highest BCUT2D eigenvalue weighted by atomic mass is 16.5. The van der Waals surface area contributed by atoms with Gasteiger partial charge in [0.2, 0.25) is 0 Å². The van der Waals surface area contributed by atoms with Crippen molar-refractivity contribution >= 4 is 46.6 Å². The lowest BCUT2D eigenvalue weighted by atomic mass is 10.0. The number of phenols is 1. The lowest BCUT2D eigenvalue weighted by molar-refractivity contribution is -0.120. The maximum absolute atomic E-state index is 13.1. The summed E-state index contributed by atoms with van der Waals surface area (Å²) in [6, 6.07) is 18.2. The van der Waals surface area contributed by atoms with E-state index in [0.29, 0.717) is 27.8 Å². The third-order valence-electron chi connectivity index (χ3n) is 5.58. The van der Waals surface area contributed by atoms with E-state index in [-0.39, 0.29) is 40.7 Å². The van der Waals surface area contributed by atoms with Crippen molar-refractivity contribution in [3.8, 4) is 17.2 Å². The van der Waals surface area contributed by atoms with Gasteiger partial charge in [0, 0.05) is 16.5 Å². The Bertz CT molecular complexity index is 1550. The lowest BCUT2D eigenvalue weighted by Crippen LogP contribution is -2.01. The number of fused-ring (bicyclic) bond motifs is 2. The number of benzene rings is 3. The number of carbonyl (C=O) groups excluding carboxylic acids is 2. The van der Waals surface area contributed by atoms with Crippen molar-refractivity contribution in [1.29, 1.82) is 0 Å². The van der Waals surface area contributed by atoms with Gasteiger partial charge in [0.05, 0.1) is 11.1 Å². The minimum Gasteiger partial charge on any atom is -0.506 e. The lowest BCUT2D eigenvalue weighted by Gasteiger charge is -2.06. The molecule has 3 N–H and O–H groups in total. The maximum Gasteiger partial charge on any atom is 0.298 e. The predicted octanol–water partition coefficient (Wildman–Crippen LogP) is 4.97. The van der Waals surface area contributed by atoms with Gasteiger partial charge in [-0.2, -0.15) is 0 Å². The Balaban J connectivity index is 1.52. The van der Waals surface area contributed by atoms with Gasteiger partial charge in [-0.25, -0.2) is 4.98 Å². The molecule has 34 heavy (non-hydrogen) atoms. The quantitative estimate of drug-likeness (QED) is 0.290. The highest BCUT2D eigenvalue weighted by Crippen LogP contribution is 2.40. The number of para-hydroxylation sites is 1. The zero-order valence-corrected chi connectivity index (χ0v) is 17.6. The fourth-order valence-electron chi connectivity index (χ4n) is 3.92. The van der Waals surface area contributed by atoms with Gasteiger partial charge >= 0.3 is 0 Å². The average molecular weight is 451 g/mol. The van der Waals surface area contributed by atoms with E-state index >= 15 is 0 Å². The molecule has 1 heterocycles. The molecule has 3 aromatic carbocycles. The van der Waals surface area contributed by atoms with E-state index in [1.165, 1.54) is 18.2 Å². The first-order valence-electron chi connectivity index (χ1n) is 10.3. The Morgan fingerprint density at radius 2 is 1.53 bits per heavy atom. The van der Waals surface area contributed by atoms with E-state index in [2.05, 4.69) is 4.98 Å². The molecule has 1 aliphatic rings. The zero-order chi connectivity index (χ0) is 23.8. The number of carbonyl (C=O) groups is 2. The average Bonchev–Trinajstić information content (AvgIpc) is 3.08. The minimum absolute atomic E-state index is 0.0290. The molecule has 0 saturated heterocycles. The normalized spacial score (nSPS) is 13.0. The van der Waals surface area contributed by atoms with Gasteiger partial charge in [-0.15, -0.1) is 0 Å². The van der Waals surface area contributed by atoms with Crippen LogP contribution >= 0.6 is 0 Å². The van der Waals surface area contributed by atoms with Crippen LogP contribution < -0.4 is 4.74 Å². The van der Waals surface area contributed by atoms with Crippen LogP contribution in [-0.2, 0) is 4.79 Å². The summed E-state index contributed by atoms with van der Waals surface area (Å²) in [6.45, 7) is 0.231. The fraction of sp³-hybridized carbons (Fsp3) is 0. The van der Waals surface area contributed by atoms with Crippen molar-refractivity contribution in [1.82, 2.24) is 4.98 Å². The summed E-state index contributed by atoms with van der Waals surface area (Å²) in [4.78, 5) is 28.0. The molecule has 0 spiro atoms. The van der Waals surface area contributed by atoms with Crippen LogP contribution in [0.4, 0.5) is 0 Å². The molecule has 0 aliphatic heterocycles. The molecule has 4 aromatic rings. The first-order chi connectivity index (χ1) is 16.5. The first kappa shape index (κ1) is 21.0. The van der Waals surface area contributed by atoms with Gasteiger partial charge < -0.3 is 20.1 Å². The molecule has 0 unspecified atom stereocenters. The largest absolute Gasteiger partial charge is 0.506 e. The number of phenolic OH excluding ortho intramolecular Hbond substituents is 1. The highest BCUT2D eigenvalue weighted by molar-refractivity contribution is 6.39. The monoisotopic (exact) mass is 451 g/mol. The van der Waals surface area contributed by atoms with E-state index in [9.17, 15) is 24.9 Å². The number of aromatic hydroxyl groups is 2. The second kappa shape index (κ2) is 8.22. The molecule has 0 atom stereocenters. The van der Waals surface area contributed by atoms with Gasteiger partial charge in [0.1, 0.15) is 17.2 Å². The van der Waals surface area contributed by atoms with Crippen molar-refractivity contribution in [2.75, 3.05) is 0 Å². The van der Waals surface area contributed by atoms with Crippen molar-refractivity contribution in [2.45, 2.75) is 0 Å². The first-order valence-corrected chi connectivity index (χ1v) is 10.3. The van der Waals surface area contributed by atoms with Crippen LogP contribution in [-0.4, -0.2) is 32.6 Å². The molecule has 0 amide bonds. The Hall–Kier alpha value is -4.91. The second-order valence-electron chi connectivity index (χ2n) is 7.68. The van der Waals surface area contributed by atoms with Crippen molar-refractivity contribution in [3.63, 3.8) is 0 Å². The Morgan fingerprint density at radius 1 is 0.794 bits per heavy atom. The van der Waals surface area contributed by atoms with E-state index in [1.54, 1.807) is 54.6 Å². The van der Waals surface area contributed by atoms with Gasteiger partial charge in [-0.3, -0.25) is 9.59 Å². The van der Waals surface area contributed by atoms with Gasteiger partial charge in [-0.05, 0) is 47.5 Å². The van der Waals surface area contributed by atoms with E-state index in [4.69, 9.17) is 4.74 Å². The number of ketones is 1. The topological polar surface area (TPSA) is 117 Å². The van der Waals surface area contributed by atoms with Crippen LogP contribution in [0.25, 0.3) is 34.4 Å². The van der Waals surface area contributed by atoms with E-state index < -0.39 is 5.78 Å². The number of aliphatic hydroxyl groups is 1. The number of allylic oxidation sites excluding steroid dienone is 1. The van der Waals surface area contributed by atoms with Gasteiger partial charge in [0.25, 0.3) is 6.47 Å². The molecule has 0 fully saturated rings. The third-order valence-corrected chi connectivity index (χ3v) is 5.58. The summed E-state index contributed by atoms with van der Waals surface area (Å²) < 4.78 is 4.74. The molecule has 5 rings (SSSR count). The fourth-order valence-corrected chi connectivity index (χ4v) is 3.92. The third kappa shape index (κ3) is 3.55. The number of Topliss-reactive ketones (excluding diaryl/α,β-unsaturated/α-hetero) is 1. The summed E-state index contributed by atoms with van der Waals surface area (Å²) in [5.74, 6) is -0.991. The Kier molecular flexibility index (Phi) is 5.07. The minimum atomic E-state index is -0.421. The number of ether oxygens (including phenoxy) is 1. The number of nitrogens with zero attached hydrogens (tertiary/aromatic N) is 1. The molecule has 7 nitrogen and oxygen atoms in total. The summed E-state index contributed by atoms with van der Waals surface area (Å²) in [7, 11) is 0. The molecule has 1 aliphatic carbocycles. The number of aromatic nitrogens is 1. The molecule has 166 valence electrons. The number of hydrogen-bond acceptors (Lipinski definition) is 7. The summed E-state index contributed by atoms with van der Waals surface area (Å²) >= 11 is 0. The molecule has 7 heteroatoms. The van der Waals surface area contributed by atoms with Crippen LogP contribution in [0, 0.1) is 0 Å². The number of aliphatic hydroxyl groups excluding tert-OH is 1. The van der Waals surface area contributed by atoms with Gasteiger partial charge in [-0.1, -0.05) is 42.5 Å². The smallest absolute Gasteiger partial charge is 0.298 e. The van der Waals surface area contributed by atoms with Crippen LogP contribution in [0.1, 0.15) is 32.7 Å². The number of rotatable bonds is 5. The second-order valence-corrected chi connectivity index (χ2v) is 7.68. The molecule has 0 radical (unpaired) electrons. The summed E-state index contributed by atoms with van der Waals surface area (Å²) in [5, 5.41) is 31.8. The number of pyridine rings is 1.